The van der Waals surface area contributed by atoms with E-state index in [2.05, 4.69) is 10.4 Å². The van der Waals surface area contributed by atoms with Crippen molar-refractivity contribution in [1.29, 1.82) is 0 Å². The third kappa shape index (κ3) is 5.19. The number of nitrogens with zero attached hydrogens (tertiary/aromatic N) is 2. The molecule has 0 saturated carbocycles. The zero-order valence-corrected chi connectivity index (χ0v) is 14.3. The fraction of sp³-hybridized carbons (Fsp3) is 0.375. The quantitative estimate of drug-likeness (QED) is 0.807. The van der Waals surface area contributed by atoms with Gasteiger partial charge < -0.3 is 5.32 Å². The van der Waals surface area contributed by atoms with Crippen molar-refractivity contribution in [3.05, 3.63) is 51.6 Å². The van der Waals surface area contributed by atoms with Crippen LogP contribution in [0.25, 0.3) is 0 Å². The van der Waals surface area contributed by atoms with E-state index in [1.54, 1.807) is 6.92 Å². The Hall–Kier alpha value is -2.09. The minimum Gasteiger partial charge on any atom is -0.352 e. The van der Waals surface area contributed by atoms with Crippen molar-refractivity contribution >= 4 is 17.5 Å². The lowest BCUT2D eigenvalue weighted by atomic mass is 10.1. The van der Waals surface area contributed by atoms with Gasteiger partial charge in [-0.3, -0.25) is 9.48 Å². The van der Waals surface area contributed by atoms with Crippen LogP contribution in [-0.4, -0.2) is 21.9 Å². The van der Waals surface area contributed by atoms with Gasteiger partial charge in [-0.05, 0) is 26.0 Å². The van der Waals surface area contributed by atoms with Crippen molar-refractivity contribution < 1.29 is 22.4 Å². The Bertz CT molecular complexity index is 786. The Morgan fingerprint density at radius 1 is 1.32 bits per heavy atom. The molecule has 0 aliphatic carbocycles. The van der Waals surface area contributed by atoms with Crippen molar-refractivity contribution in [2.45, 2.75) is 39.5 Å². The van der Waals surface area contributed by atoms with E-state index in [0.717, 1.165) is 10.7 Å². The van der Waals surface area contributed by atoms with Gasteiger partial charge in [-0.15, -0.1) is 0 Å². The highest BCUT2D eigenvalue weighted by molar-refractivity contribution is 6.30. The van der Waals surface area contributed by atoms with Gasteiger partial charge in [0, 0.05) is 28.4 Å². The van der Waals surface area contributed by atoms with E-state index in [4.69, 9.17) is 11.6 Å². The SMILES string of the molecule is Cc1nn(CC(F)(F)F)c(C)c1CC(=O)NCc1ccc(Cl)cc1F. The smallest absolute Gasteiger partial charge is 0.352 e. The van der Waals surface area contributed by atoms with Gasteiger partial charge in [0.05, 0.1) is 12.1 Å². The van der Waals surface area contributed by atoms with Crippen LogP contribution < -0.4 is 5.32 Å². The summed E-state index contributed by atoms with van der Waals surface area (Å²) in [5.74, 6) is -0.981. The van der Waals surface area contributed by atoms with Crippen LogP contribution in [0.1, 0.15) is 22.5 Å². The molecule has 0 spiro atoms. The van der Waals surface area contributed by atoms with Crippen LogP contribution in [0.5, 0.6) is 0 Å². The van der Waals surface area contributed by atoms with E-state index in [1.165, 1.54) is 19.1 Å². The molecule has 0 fully saturated rings. The van der Waals surface area contributed by atoms with Gasteiger partial charge in [-0.1, -0.05) is 17.7 Å². The second-order valence-electron chi connectivity index (χ2n) is 5.61. The van der Waals surface area contributed by atoms with Gasteiger partial charge in [-0.2, -0.15) is 18.3 Å². The molecule has 1 aromatic carbocycles. The van der Waals surface area contributed by atoms with Gasteiger partial charge in [0.25, 0.3) is 0 Å². The van der Waals surface area contributed by atoms with E-state index in [-0.39, 0.29) is 29.2 Å². The van der Waals surface area contributed by atoms with E-state index >= 15 is 0 Å². The number of halogens is 5. The first-order valence-corrected chi connectivity index (χ1v) is 7.75. The van der Waals surface area contributed by atoms with Crippen LogP contribution >= 0.6 is 11.6 Å². The van der Waals surface area contributed by atoms with E-state index in [1.807, 2.05) is 0 Å². The topological polar surface area (TPSA) is 46.9 Å². The fourth-order valence-corrected chi connectivity index (χ4v) is 2.55. The van der Waals surface area contributed by atoms with Crippen LogP contribution in [0.3, 0.4) is 0 Å². The molecule has 2 rings (SSSR count). The number of alkyl halides is 3. The summed E-state index contributed by atoms with van der Waals surface area (Å²) in [6.07, 6.45) is -4.53. The predicted octanol–water partition coefficient (Wildman–Crippen LogP) is 3.71. The number of aromatic nitrogens is 2. The van der Waals surface area contributed by atoms with Crippen molar-refractivity contribution in [3.63, 3.8) is 0 Å². The Balaban J connectivity index is 2.03. The highest BCUT2D eigenvalue weighted by Gasteiger charge is 2.30. The van der Waals surface area contributed by atoms with Crippen molar-refractivity contribution in [2.75, 3.05) is 0 Å². The second-order valence-corrected chi connectivity index (χ2v) is 6.05. The Morgan fingerprint density at radius 3 is 2.60 bits per heavy atom. The zero-order valence-electron chi connectivity index (χ0n) is 13.5. The molecule has 0 aliphatic rings. The molecular weight excluding hydrogens is 362 g/mol. The van der Waals surface area contributed by atoms with E-state index < -0.39 is 24.4 Å². The average molecular weight is 378 g/mol. The molecule has 1 aromatic heterocycles. The van der Waals surface area contributed by atoms with Gasteiger partial charge in [0.1, 0.15) is 12.4 Å². The summed E-state index contributed by atoms with van der Waals surface area (Å²) in [5, 5.41) is 6.62. The first-order chi connectivity index (χ1) is 11.6. The van der Waals surface area contributed by atoms with Crippen LogP contribution in [0.15, 0.2) is 18.2 Å². The first kappa shape index (κ1) is 19.2. The molecule has 4 nitrogen and oxygen atoms in total. The predicted molar refractivity (Wildman–Crippen MR) is 84.7 cm³/mol. The molecule has 0 bridgehead atoms. The van der Waals surface area contributed by atoms with Crippen molar-refractivity contribution in [1.82, 2.24) is 15.1 Å². The Labute approximate surface area is 146 Å². The monoisotopic (exact) mass is 377 g/mol. The number of aryl methyl sites for hydroxylation is 1. The lowest BCUT2D eigenvalue weighted by Gasteiger charge is -2.09. The molecule has 0 radical (unpaired) electrons. The third-order valence-electron chi connectivity index (χ3n) is 3.69. The maximum Gasteiger partial charge on any atom is 0.408 e. The minimum atomic E-state index is -4.39. The first-order valence-electron chi connectivity index (χ1n) is 7.37. The number of hydrogen-bond donors (Lipinski definition) is 1. The highest BCUT2D eigenvalue weighted by Crippen LogP contribution is 2.21. The summed E-state index contributed by atoms with van der Waals surface area (Å²) < 4.78 is 52.0. The summed E-state index contributed by atoms with van der Waals surface area (Å²) in [6.45, 7) is 1.77. The van der Waals surface area contributed by atoms with Crippen molar-refractivity contribution in [3.8, 4) is 0 Å². The molecule has 2 aromatic rings. The van der Waals surface area contributed by atoms with Crippen LogP contribution in [0.2, 0.25) is 5.02 Å². The molecule has 136 valence electrons. The van der Waals surface area contributed by atoms with E-state index in [9.17, 15) is 22.4 Å². The zero-order chi connectivity index (χ0) is 18.8. The number of nitrogens with one attached hydrogen (secondary N) is 1. The van der Waals surface area contributed by atoms with Gasteiger partial charge in [-0.25, -0.2) is 4.39 Å². The average Bonchev–Trinajstić information content (AvgIpc) is 2.72. The second kappa shape index (κ2) is 7.43. The summed E-state index contributed by atoms with van der Waals surface area (Å²) in [5.41, 5.74) is 1.33. The van der Waals surface area contributed by atoms with Crippen LogP contribution in [-0.2, 0) is 24.3 Å². The number of benzene rings is 1. The van der Waals surface area contributed by atoms with Crippen LogP contribution in [0.4, 0.5) is 17.6 Å². The number of carbonyl (C=O) groups excluding carboxylic acids is 1. The summed E-state index contributed by atoms with van der Waals surface area (Å²) in [6, 6.07) is 4.09. The number of amides is 1. The minimum absolute atomic E-state index is 0.0450. The number of carbonyl (C=O) groups is 1. The normalized spacial score (nSPS) is 11.6. The Kier molecular flexibility index (Phi) is 5.72. The summed E-state index contributed by atoms with van der Waals surface area (Å²) in [4.78, 5) is 12.0. The lowest BCUT2D eigenvalue weighted by molar-refractivity contribution is -0.143. The molecular formula is C16H16ClF4N3O. The fourth-order valence-electron chi connectivity index (χ4n) is 2.40. The maximum absolute atomic E-state index is 13.7. The van der Waals surface area contributed by atoms with Crippen LogP contribution in [0, 0.1) is 19.7 Å². The van der Waals surface area contributed by atoms with Gasteiger partial charge in [0.2, 0.25) is 5.91 Å². The molecule has 0 aliphatic heterocycles. The summed E-state index contributed by atoms with van der Waals surface area (Å²) in [7, 11) is 0. The molecule has 1 heterocycles. The summed E-state index contributed by atoms with van der Waals surface area (Å²) >= 11 is 5.65. The van der Waals surface area contributed by atoms with Crippen molar-refractivity contribution in [2.24, 2.45) is 0 Å². The molecule has 0 atom stereocenters. The highest BCUT2D eigenvalue weighted by atomic mass is 35.5. The lowest BCUT2D eigenvalue weighted by Crippen LogP contribution is -2.25. The molecule has 25 heavy (non-hydrogen) atoms. The maximum atomic E-state index is 13.7. The molecule has 9 heteroatoms. The molecule has 0 saturated heterocycles. The standard InChI is InChI=1S/C16H16ClF4N3O/c1-9-13(10(2)24(23-9)8-16(19,20)21)6-15(25)22-7-11-3-4-12(17)5-14(11)18/h3-5H,6-8H2,1-2H3,(H,22,25). The number of hydrogen-bond acceptors (Lipinski definition) is 2. The van der Waals surface area contributed by atoms with Gasteiger partial charge in [0.15, 0.2) is 0 Å². The number of rotatable bonds is 5. The largest absolute Gasteiger partial charge is 0.408 e. The Morgan fingerprint density at radius 2 is 2.00 bits per heavy atom. The molecule has 1 amide bonds. The molecule has 0 unspecified atom stereocenters. The van der Waals surface area contributed by atoms with E-state index in [0.29, 0.717) is 11.3 Å². The third-order valence-corrected chi connectivity index (χ3v) is 3.92. The van der Waals surface area contributed by atoms with Gasteiger partial charge >= 0.3 is 6.18 Å². The molecule has 1 N–H and O–H groups in total.